The number of hydrogen-bond donors (Lipinski definition) is 0. The van der Waals surface area contributed by atoms with Crippen LogP contribution in [0.15, 0.2) is 152 Å². The summed E-state index contributed by atoms with van der Waals surface area (Å²) in [6.45, 7) is 0. The van der Waals surface area contributed by atoms with Crippen molar-refractivity contribution in [1.82, 2.24) is 29.9 Å². The monoisotopic (exact) mass is 684 g/mol. The van der Waals surface area contributed by atoms with E-state index >= 15 is 0 Å². The van der Waals surface area contributed by atoms with Crippen LogP contribution < -0.4 is 0 Å². The fraction of sp³-hybridized carbons (Fsp3) is 0.149. The molecule has 2 heterocycles. The first kappa shape index (κ1) is 31.3. The minimum Gasteiger partial charge on any atom is -0.208 e. The van der Waals surface area contributed by atoms with Crippen LogP contribution in [0.4, 0.5) is 0 Å². The molecule has 0 unspecified atom stereocenters. The molecule has 8 aromatic rings. The normalized spacial score (nSPS) is 17.7. The number of fused-ring (bicyclic) bond motifs is 3. The van der Waals surface area contributed by atoms with E-state index in [2.05, 4.69) is 91.0 Å². The van der Waals surface area contributed by atoms with Crippen LogP contribution in [0.2, 0.25) is 0 Å². The zero-order valence-corrected chi connectivity index (χ0v) is 29.2. The molecule has 53 heavy (non-hydrogen) atoms. The Hall–Kier alpha value is -6.40. The van der Waals surface area contributed by atoms with Gasteiger partial charge in [-0.05, 0) is 71.9 Å². The van der Waals surface area contributed by atoms with Gasteiger partial charge in [-0.3, -0.25) is 0 Å². The average molecular weight is 685 g/mol. The summed E-state index contributed by atoms with van der Waals surface area (Å²) in [7, 11) is 0. The van der Waals surface area contributed by atoms with Crippen molar-refractivity contribution in [2.24, 2.45) is 5.92 Å². The molecule has 2 aliphatic rings. The number of nitrogens with zero attached hydrogens (tertiary/aromatic N) is 6. The zero-order chi connectivity index (χ0) is 35.2. The van der Waals surface area contributed by atoms with Crippen molar-refractivity contribution in [3.05, 3.63) is 157 Å². The van der Waals surface area contributed by atoms with Gasteiger partial charge in [0, 0.05) is 33.4 Å². The van der Waals surface area contributed by atoms with Gasteiger partial charge in [-0.25, -0.2) is 29.9 Å². The lowest BCUT2D eigenvalue weighted by Crippen LogP contribution is -2.19. The molecule has 0 atom stereocenters. The Balaban J connectivity index is 1.11. The Kier molecular flexibility index (Phi) is 7.68. The molecular weight excluding hydrogens is 649 g/mol. The van der Waals surface area contributed by atoms with Crippen molar-refractivity contribution < 1.29 is 0 Å². The minimum atomic E-state index is 0.293. The highest BCUT2D eigenvalue weighted by molar-refractivity contribution is 5.95. The second-order valence-electron chi connectivity index (χ2n) is 14.5. The lowest BCUT2D eigenvalue weighted by atomic mass is 9.77. The predicted octanol–water partition coefficient (Wildman–Crippen LogP) is 11.0. The van der Waals surface area contributed by atoms with Crippen LogP contribution in [-0.4, -0.2) is 29.9 Å². The molecule has 0 saturated heterocycles. The van der Waals surface area contributed by atoms with Gasteiger partial charge in [-0.15, -0.1) is 0 Å². The Labute approximate surface area is 308 Å². The molecule has 10 rings (SSSR count). The van der Waals surface area contributed by atoms with E-state index < -0.39 is 0 Å². The van der Waals surface area contributed by atoms with Crippen LogP contribution in [0, 0.1) is 5.92 Å². The fourth-order valence-electron chi connectivity index (χ4n) is 8.50. The van der Waals surface area contributed by atoms with Crippen LogP contribution in [0.1, 0.15) is 37.7 Å². The third-order valence-electron chi connectivity index (χ3n) is 11.2. The molecule has 2 saturated carbocycles. The summed E-state index contributed by atoms with van der Waals surface area (Å²) in [5, 5.41) is 2.23. The minimum absolute atomic E-state index is 0.293. The highest BCUT2D eigenvalue weighted by Crippen LogP contribution is 2.55. The second-order valence-corrected chi connectivity index (χ2v) is 14.5. The number of benzene rings is 6. The number of aromatic nitrogens is 6. The maximum Gasteiger partial charge on any atom is 0.164 e. The molecule has 2 aromatic heterocycles. The van der Waals surface area contributed by atoms with Crippen LogP contribution >= 0.6 is 0 Å². The third-order valence-corrected chi connectivity index (χ3v) is 11.2. The van der Waals surface area contributed by atoms with E-state index in [0.29, 0.717) is 40.4 Å². The lowest BCUT2D eigenvalue weighted by molar-refractivity contribution is 0.419. The van der Waals surface area contributed by atoms with Crippen molar-refractivity contribution in [3.63, 3.8) is 0 Å². The first-order chi connectivity index (χ1) is 26.2. The van der Waals surface area contributed by atoms with Crippen LogP contribution in [0.25, 0.3) is 79.1 Å². The highest BCUT2D eigenvalue weighted by Gasteiger charge is 2.45. The molecule has 2 fully saturated rings. The summed E-state index contributed by atoms with van der Waals surface area (Å²) >= 11 is 0. The molecule has 0 radical (unpaired) electrons. The largest absolute Gasteiger partial charge is 0.208 e. The summed E-state index contributed by atoms with van der Waals surface area (Å²) in [4.78, 5) is 30.4. The molecule has 2 aliphatic carbocycles. The lowest BCUT2D eigenvalue weighted by Gasteiger charge is -2.27. The molecule has 6 heteroatoms. The summed E-state index contributed by atoms with van der Waals surface area (Å²) < 4.78 is 0. The first-order valence-corrected chi connectivity index (χ1v) is 18.5. The van der Waals surface area contributed by atoms with Gasteiger partial charge in [0.05, 0.1) is 0 Å². The smallest absolute Gasteiger partial charge is 0.164 e. The van der Waals surface area contributed by atoms with E-state index in [0.717, 1.165) is 50.1 Å². The maximum atomic E-state index is 5.15. The topological polar surface area (TPSA) is 77.3 Å². The van der Waals surface area contributed by atoms with Crippen LogP contribution in [0.3, 0.4) is 0 Å². The van der Waals surface area contributed by atoms with Gasteiger partial charge in [0.2, 0.25) is 0 Å². The molecule has 254 valence electrons. The van der Waals surface area contributed by atoms with Crippen LogP contribution in [-0.2, 0) is 5.41 Å². The maximum absolute atomic E-state index is 5.15. The summed E-state index contributed by atoms with van der Waals surface area (Å²) in [5.74, 6) is 4.62. The van der Waals surface area contributed by atoms with Gasteiger partial charge in [0.25, 0.3) is 0 Å². The molecule has 0 N–H and O–H groups in total. The number of hydrogen-bond acceptors (Lipinski definition) is 6. The Morgan fingerprint density at radius 2 is 0.849 bits per heavy atom. The van der Waals surface area contributed by atoms with Gasteiger partial charge in [-0.2, -0.15) is 0 Å². The molecule has 6 aromatic carbocycles. The quantitative estimate of drug-likeness (QED) is 0.166. The Morgan fingerprint density at radius 3 is 1.43 bits per heavy atom. The third kappa shape index (κ3) is 5.86. The Bertz CT molecular complexity index is 2610. The van der Waals surface area contributed by atoms with E-state index in [4.69, 9.17) is 29.9 Å². The predicted molar refractivity (Wildman–Crippen MR) is 212 cm³/mol. The molecule has 0 amide bonds. The number of rotatable bonds is 7. The van der Waals surface area contributed by atoms with E-state index in [1.54, 1.807) is 0 Å². The SMILES string of the molecule is c1ccc(-c2nc(-c3cccc(-c4nc(-c5ccccc5)nc(-c5cccc6ccccc56)n4)c3)nc(-c3cccc(C45CCC(CC4)C5)c3)n2)cc1. The fourth-order valence-corrected chi connectivity index (χ4v) is 8.50. The van der Waals surface area contributed by atoms with Gasteiger partial charge in [-0.1, -0.05) is 140 Å². The van der Waals surface area contributed by atoms with Crippen molar-refractivity contribution >= 4 is 10.8 Å². The average Bonchev–Trinajstić information content (AvgIpc) is 3.87. The van der Waals surface area contributed by atoms with E-state index in [1.807, 2.05) is 60.7 Å². The van der Waals surface area contributed by atoms with Gasteiger partial charge in [0.1, 0.15) is 0 Å². The van der Waals surface area contributed by atoms with Gasteiger partial charge < -0.3 is 0 Å². The highest BCUT2D eigenvalue weighted by atomic mass is 15.0. The summed E-state index contributed by atoms with van der Waals surface area (Å²) in [6.07, 6.45) is 6.53. The van der Waals surface area contributed by atoms with Crippen molar-refractivity contribution in [2.45, 2.75) is 37.5 Å². The summed E-state index contributed by atoms with van der Waals surface area (Å²) in [6, 6.07) is 52.0. The van der Waals surface area contributed by atoms with Gasteiger partial charge in [0.15, 0.2) is 34.9 Å². The second kappa shape index (κ2) is 13.0. The standard InChI is InChI=1S/C47H36N6/c1-3-13-33(14-4-1)41-48-43(51-45(49-41)37-20-10-21-38(29-37)47-26-24-31(30-47)25-27-47)35-18-9-19-36(28-35)44-50-42(34-15-5-2-6-16-34)52-46(53-44)40-23-11-17-32-12-7-8-22-39(32)40/h1-23,28-29,31H,24-27,30H2. The van der Waals surface area contributed by atoms with Crippen molar-refractivity contribution in [2.75, 3.05) is 0 Å². The van der Waals surface area contributed by atoms with Crippen LogP contribution in [0.5, 0.6) is 0 Å². The summed E-state index contributed by atoms with van der Waals surface area (Å²) in [5.41, 5.74) is 7.28. The molecule has 0 spiro atoms. The van der Waals surface area contributed by atoms with E-state index in [1.165, 1.54) is 37.7 Å². The van der Waals surface area contributed by atoms with Gasteiger partial charge >= 0.3 is 0 Å². The van der Waals surface area contributed by atoms with E-state index in [-0.39, 0.29) is 0 Å². The molecular formula is C47H36N6. The molecule has 2 bridgehead atoms. The Morgan fingerprint density at radius 1 is 0.396 bits per heavy atom. The molecule has 0 aliphatic heterocycles. The van der Waals surface area contributed by atoms with E-state index in [9.17, 15) is 0 Å². The first-order valence-electron chi connectivity index (χ1n) is 18.5. The zero-order valence-electron chi connectivity index (χ0n) is 29.2. The molecule has 6 nitrogen and oxygen atoms in total. The van der Waals surface area contributed by atoms with Crippen molar-refractivity contribution in [1.29, 1.82) is 0 Å². The van der Waals surface area contributed by atoms with Crippen molar-refractivity contribution in [3.8, 4) is 68.3 Å².